The number of hydrazone groups is 1. The lowest BCUT2D eigenvalue weighted by atomic mass is 10.1. The number of carbonyl (C=O) groups is 2. The van der Waals surface area contributed by atoms with E-state index < -0.39 is 0 Å². The largest absolute Gasteiger partial charge is 0.496 e. The summed E-state index contributed by atoms with van der Waals surface area (Å²) in [4.78, 5) is 26.6. The summed E-state index contributed by atoms with van der Waals surface area (Å²) in [5, 5.41) is 5.63. The Kier molecular flexibility index (Phi) is 5.31. The van der Waals surface area contributed by atoms with E-state index >= 15 is 0 Å². The molecule has 0 N–H and O–H groups in total. The van der Waals surface area contributed by atoms with Crippen LogP contribution in [0.15, 0.2) is 59.7 Å². The lowest BCUT2D eigenvalue weighted by Gasteiger charge is -2.25. The van der Waals surface area contributed by atoms with E-state index in [1.54, 1.807) is 31.2 Å². The second-order valence-corrected chi connectivity index (χ2v) is 6.06. The van der Waals surface area contributed by atoms with Crippen LogP contribution in [0.3, 0.4) is 0 Å². The molecule has 0 radical (unpaired) electrons. The normalized spacial score (nSPS) is 14.0. The average Bonchev–Trinajstić information content (AvgIpc) is 2.69. The number of amides is 2. The average molecular weight is 351 g/mol. The topological polar surface area (TPSA) is 62.2 Å². The van der Waals surface area contributed by atoms with Crippen molar-refractivity contribution in [3.05, 3.63) is 60.2 Å². The van der Waals surface area contributed by atoms with E-state index in [0.717, 1.165) is 11.3 Å². The number of anilines is 1. The molecule has 1 aliphatic heterocycles. The van der Waals surface area contributed by atoms with Crippen molar-refractivity contribution in [2.24, 2.45) is 5.10 Å². The van der Waals surface area contributed by atoms with Gasteiger partial charge in [0, 0.05) is 32.0 Å². The molecule has 0 unspecified atom stereocenters. The summed E-state index contributed by atoms with van der Waals surface area (Å²) in [7, 11) is 3.33. The molecule has 134 valence electrons. The Bertz CT molecular complexity index is 833. The molecule has 0 bridgehead atoms. The fourth-order valence-corrected chi connectivity index (χ4v) is 2.86. The zero-order valence-corrected chi connectivity index (χ0v) is 14.9. The molecule has 26 heavy (non-hydrogen) atoms. The molecule has 0 saturated heterocycles. The Balaban J connectivity index is 1.79. The van der Waals surface area contributed by atoms with E-state index in [4.69, 9.17) is 4.74 Å². The zero-order chi connectivity index (χ0) is 18.5. The Morgan fingerprint density at radius 3 is 2.54 bits per heavy atom. The van der Waals surface area contributed by atoms with Gasteiger partial charge < -0.3 is 9.64 Å². The van der Waals surface area contributed by atoms with Crippen LogP contribution in [0.1, 0.15) is 18.4 Å². The second-order valence-electron chi connectivity index (χ2n) is 6.06. The Morgan fingerprint density at radius 2 is 1.81 bits per heavy atom. The minimum absolute atomic E-state index is 0.111. The van der Waals surface area contributed by atoms with E-state index in [1.807, 2.05) is 42.5 Å². The summed E-state index contributed by atoms with van der Waals surface area (Å²) in [5.41, 5.74) is 1.96. The van der Waals surface area contributed by atoms with Gasteiger partial charge in [0.1, 0.15) is 11.5 Å². The van der Waals surface area contributed by atoms with Crippen LogP contribution >= 0.6 is 0 Å². The van der Waals surface area contributed by atoms with Gasteiger partial charge in [-0.2, -0.15) is 5.10 Å². The third-order valence-electron chi connectivity index (χ3n) is 4.23. The highest BCUT2D eigenvalue weighted by atomic mass is 16.5. The Hall–Kier alpha value is -3.15. The molecule has 0 aliphatic carbocycles. The Labute approximate surface area is 152 Å². The third-order valence-corrected chi connectivity index (χ3v) is 4.23. The molecule has 0 saturated carbocycles. The maximum Gasteiger partial charge on any atom is 0.270 e. The molecular weight excluding hydrogens is 330 g/mol. The maximum atomic E-state index is 12.8. The summed E-state index contributed by atoms with van der Waals surface area (Å²) >= 11 is 0. The predicted molar refractivity (Wildman–Crippen MR) is 100 cm³/mol. The van der Waals surface area contributed by atoms with Crippen LogP contribution in [0.25, 0.3) is 0 Å². The summed E-state index contributed by atoms with van der Waals surface area (Å²) in [6.45, 7) is 0.404. The van der Waals surface area contributed by atoms with Crippen molar-refractivity contribution in [3.63, 3.8) is 0 Å². The molecule has 1 heterocycles. The molecule has 1 aliphatic rings. The van der Waals surface area contributed by atoms with Crippen LogP contribution in [0.2, 0.25) is 0 Å². The summed E-state index contributed by atoms with van der Waals surface area (Å²) in [6.07, 6.45) is 0.610. The molecule has 6 nitrogen and oxygen atoms in total. The molecule has 3 rings (SSSR count). The van der Waals surface area contributed by atoms with E-state index in [0.29, 0.717) is 24.4 Å². The third kappa shape index (κ3) is 3.74. The van der Waals surface area contributed by atoms with Crippen LogP contribution in [0.4, 0.5) is 5.69 Å². The van der Waals surface area contributed by atoms with E-state index in [1.165, 1.54) is 5.01 Å². The van der Waals surface area contributed by atoms with Crippen molar-refractivity contribution in [2.45, 2.75) is 19.4 Å². The van der Waals surface area contributed by atoms with E-state index in [-0.39, 0.29) is 18.2 Å². The van der Waals surface area contributed by atoms with Gasteiger partial charge in [-0.05, 0) is 18.2 Å². The van der Waals surface area contributed by atoms with Crippen molar-refractivity contribution >= 4 is 23.2 Å². The van der Waals surface area contributed by atoms with E-state index in [9.17, 15) is 9.59 Å². The van der Waals surface area contributed by atoms with Crippen molar-refractivity contribution in [3.8, 4) is 5.75 Å². The van der Waals surface area contributed by atoms with Gasteiger partial charge in [-0.3, -0.25) is 9.59 Å². The first-order valence-corrected chi connectivity index (χ1v) is 8.43. The number of methoxy groups -OCH3 is 1. The fraction of sp³-hybridized carbons (Fsp3) is 0.250. The minimum atomic E-state index is -0.190. The number of hydrogen-bond acceptors (Lipinski definition) is 4. The maximum absolute atomic E-state index is 12.8. The minimum Gasteiger partial charge on any atom is -0.496 e. The molecule has 0 aromatic heterocycles. The van der Waals surface area contributed by atoms with Crippen molar-refractivity contribution < 1.29 is 14.3 Å². The highest BCUT2D eigenvalue weighted by Crippen LogP contribution is 2.22. The van der Waals surface area contributed by atoms with Gasteiger partial charge in [0.2, 0.25) is 5.91 Å². The molecule has 2 amide bonds. The highest BCUT2D eigenvalue weighted by Gasteiger charge is 2.27. The smallest absolute Gasteiger partial charge is 0.270 e. The summed E-state index contributed by atoms with van der Waals surface area (Å²) in [6, 6.07) is 16.7. The van der Waals surface area contributed by atoms with Gasteiger partial charge in [0.05, 0.1) is 12.8 Å². The number of ether oxygens (including phenoxy) is 1. The molecule has 0 fully saturated rings. The lowest BCUT2D eigenvalue weighted by molar-refractivity contribution is -0.123. The SMILES string of the molecule is COc1ccccc1CN(C)C(=O)C1=NN(c2ccccc2)C(=O)CC1. The Morgan fingerprint density at radius 1 is 1.12 bits per heavy atom. The molecule has 0 spiro atoms. The number of hydrogen-bond donors (Lipinski definition) is 0. The molecule has 0 atom stereocenters. The number of nitrogens with zero attached hydrogens (tertiary/aromatic N) is 3. The monoisotopic (exact) mass is 351 g/mol. The van der Waals surface area contributed by atoms with Gasteiger partial charge in [-0.25, -0.2) is 5.01 Å². The first-order valence-electron chi connectivity index (χ1n) is 8.43. The number of rotatable bonds is 5. The molecule has 2 aromatic carbocycles. The van der Waals surface area contributed by atoms with Gasteiger partial charge >= 0.3 is 0 Å². The van der Waals surface area contributed by atoms with Gasteiger partial charge in [0.25, 0.3) is 5.91 Å². The van der Waals surface area contributed by atoms with Gasteiger partial charge in [0.15, 0.2) is 0 Å². The van der Waals surface area contributed by atoms with Crippen molar-refractivity contribution in [1.82, 2.24) is 4.90 Å². The standard InChI is InChI=1S/C20H21N3O3/c1-22(14-15-8-6-7-11-18(15)26-2)20(25)17-12-13-19(24)23(21-17)16-9-4-3-5-10-16/h3-11H,12-14H2,1-2H3. The first-order chi connectivity index (χ1) is 12.6. The zero-order valence-electron chi connectivity index (χ0n) is 14.9. The highest BCUT2D eigenvalue weighted by molar-refractivity contribution is 6.40. The molecule has 6 heteroatoms. The molecule has 2 aromatic rings. The number of benzene rings is 2. The summed E-state index contributed by atoms with van der Waals surface area (Å²) in [5.74, 6) is 0.434. The van der Waals surface area contributed by atoms with Crippen LogP contribution < -0.4 is 9.75 Å². The summed E-state index contributed by atoms with van der Waals surface area (Å²) < 4.78 is 5.34. The van der Waals surface area contributed by atoms with Crippen LogP contribution in [0.5, 0.6) is 5.75 Å². The number of para-hydroxylation sites is 2. The van der Waals surface area contributed by atoms with Crippen molar-refractivity contribution in [2.75, 3.05) is 19.2 Å². The first kappa shape index (κ1) is 17.7. The molecular formula is C20H21N3O3. The quantitative estimate of drug-likeness (QED) is 0.832. The van der Waals surface area contributed by atoms with Crippen LogP contribution in [0, 0.1) is 0 Å². The lowest BCUT2D eigenvalue weighted by Crippen LogP contribution is -2.39. The fourth-order valence-electron chi connectivity index (χ4n) is 2.86. The van der Waals surface area contributed by atoms with Gasteiger partial charge in [-0.1, -0.05) is 36.4 Å². The van der Waals surface area contributed by atoms with Crippen molar-refractivity contribution in [1.29, 1.82) is 0 Å². The van der Waals surface area contributed by atoms with E-state index in [2.05, 4.69) is 5.10 Å². The predicted octanol–water partition coefficient (Wildman–Crippen LogP) is 2.84. The second kappa shape index (κ2) is 7.82. The van der Waals surface area contributed by atoms with Crippen LogP contribution in [-0.4, -0.2) is 36.6 Å². The number of carbonyl (C=O) groups excluding carboxylic acids is 2. The van der Waals surface area contributed by atoms with Gasteiger partial charge in [-0.15, -0.1) is 0 Å². The van der Waals surface area contributed by atoms with Crippen LogP contribution in [-0.2, 0) is 16.1 Å².